The molecular weight excluding hydrogens is 298 g/mol. The zero-order valence-corrected chi connectivity index (χ0v) is 13.2. The molecule has 1 spiro atoms. The molecule has 4 heterocycles. The lowest BCUT2D eigenvalue weighted by Gasteiger charge is -2.48. The van der Waals surface area contributed by atoms with Gasteiger partial charge in [0.15, 0.2) is 0 Å². The van der Waals surface area contributed by atoms with E-state index in [1.807, 2.05) is 18.3 Å². The van der Waals surface area contributed by atoms with Crippen LogP contribution in [0.15, 0.2) is 29.9 Å². The number of aromatic nitrogens is 3. The van der Waals surface area contributed by atoms with E-state index in [0.717, 1.165) is 56.6 Å². The summed E-state index contributed by atoms with van der Waals surface area (Å²) >= 11 is 1.60. The quantitative estimate of drug-likeness (QED) is 0.842. The highest BCUT2D eigenvalue weighted by Crippen LogP contribution is 2.33. The van der Waals surface area contributed by atoms with E-state index < -0.39 is 0 Å². The van der Waals surface area contributed by atoms with Crippen molar-refractivity contribution in [1.82, 2.24) is 15.2 Å². The van der Waals surface area contributed by atoms with Crippen LogP contribution in [-0.2, 0) is 4.74 Å². The van der Waals surface area contributed by atoms with Gasteiger partial charge in [-0.2, -0.15) is 0 Å². The van der Waals surface area contributed by atoms with Gasteiger partial charge in [0.2, 0.25) is 5.13 Å². The van der Waals surface area contributed by atoms with Crippen molar-refractivity contribution in [1.29, 1.82) is 0 Å². The Kier molecular flexibility index (Phi) is 3.67. The predicted molar refractivity (Wildman–Crippen MR) is 86.5 cm³/mol. The van der Waals surface area contributed by atoms with Crippen molar-refractivity contribution < 1.29 is 4.74 Å². The van der Waals surface area contributed by atoms with Crippen molar-refractivity contribution in [2.24, 2.45) is 0 Å². The molecule has 2 aliphatic rings. The van der Waals surface area contributed by atoms with Crippen LogP contribution in [0.3, 0.4) is 0 Å². The molecule has 2 fully saturated rings. The Morgan fingerprint density at radius 2 is 2.14 bits per heavy atom. The van der Waals surface area contributed by atoms with E-state index in [4.69, 9.17) is 4.74 Å². The lowest BCUT2D eigenvalue weighted by Crippen LogP contribution is -2.60. The molecule has 0 radical (unpaired) electrons. The summed E-state index contributed by atoms with van der Waals surface area (Å²) in [6.45, 7) is 4.45. The summed E-state index contributed by atoms with van der Waals surface area (Å²) in [7, 11) is 0. The zero-order valence-electron chi connectivity index (χ0n) is 12.4. The SMILES string of the molecule is c1ccc(N2CCOC3(CCCN(c4nncs4)C3)C2)nc1. The maximum Gasteiger partial charge on any atom is 0.208 e. The van der Waals surface area contributed by atoms with Crippen LogP contribution in [0.1, 0.15) is 12.8 Å². The molecule has 22 heavy (non-hydrogen) atoms. The van der Waals surface area contributed by atoms with Gasteiger partial charge in [0.1, 0.15) is 16.9 Å². The molecule has 0 N–H and O–H groups in total. The highest BCUT2D eigenvalue weighted by Gasteiger charge is 2.41. The van der Waals surface area contributed by atoms with Gasteiger partial charge in [-0.15, -0.1) is 10.2 Å². The van der Waals surface area contributed by atoms with Crippen molar-refractivity contribution in [3.8, 4) is 0 Å². The van der Waals surface area contributed by atoms with Crippen LogP contribution in [-0.4, -0.2) is 53.6 Å². The Morgan fingerprint density at radius 3 is 2.95 bits per heavy atom. The lowest BCUT2D eigenvalue weighted by molar-refractivity contribution is -0.0630. The molecule has 2 saturated heterocycles. The predicted octanol–water partition coefficient (Wildman–Crippen LogP) is 1.81. The molecule has 0 bridgehead atoms. The first-order valence-electron chi connectivity index (χ1n) is 7.66. The fourth-order valence-electron chi connectivity index (χ4n) is 3.39. The number of pyridine rings is 1. The van der Waals surface area contributed by atoms with Gasteiger partial charge < -0.3 is 14.5 Å². The molecular formula is C15H19N5OS. The third kappa shape index (κ3) is 2.66. The summed E-state index contributed by atoms with van der Waals surface area (Å²) in [5.74, 6) is 1.04. The second-order valence-electron chi connectivity index (χ2n) is 5.89. The van der Waals surface area contributed by atoms with E-state index in [9.17, 15) is 0 Å². The second-order valence-corrected chi connectivity index (χ2v) is 6.70. The number of hydrogen-bond acceptors (Lipinski definition) is 7. The maximum absolute atomic E-state index is 6.23. The van der Waals surface area contributed by atoms with Gasteiger partial charge in [0, 0.05) is 19.3 Å². The number of hydrogen-bond donors (Lipinski definition) is 0. The summed E-state index contributed by atoms with van der Waals surface area (Å²) in [4.78, 5) is 9.13. The number of piperidine rings is 1. The summed E-state index contributed by atoms with van der Waals surface area (Å²) in [6, 6.07) is 6.07. The largest absolute Gasteiger partial charge is 0.369 e. The van der Waals surface area contributed by atoms with E-state index in [-0.39, 0.29) is 5.60 Å². The fourth-order valence-corrected chi connectivity index (χ4v) is 3.98. The molecule has 116 valence electrons. The standard InChI is InChI=1S/C15H19N5OS/c1-2-6-16-13(4-1)19-8-9-21-15(10-19)5-3-7-20(11-15)14-18-17-12-22-14/h1-2,4,6,12H,3,5,7-11H2. The van der Waals surface area contributed by atoms with Crippen LogP contribution in [0.5, 0.6) is 0 Å². The Labute approximate surface area is 133 Å². The van der Waals surface area contributed by atoms with Gasteiger partial charge in [0.05, 0.1) is 19.7 Å². The maximum atomic E-state index is 6.23. The van der Waals surface area contributed by atoms with Crippen molar-refractivity contribution in [2.45, 2.75) is 18.4 Å². The van der Waals surface area contributed by atoms with Crippen LogP contribution in [0.4, 0.5) is 10.9 Å². The van der Waals surface area contributed by atoms with E-state index in [2.05, 4.69) is 31.0 Å². The number of ether oxygens (including phenoxy) is 1. The number of morpholine rings is 1. The smallest absolute Gasteiger partial charge is 0.208 e. The van der Waals surface area contributed by atoms with Gasteiger partial charge in [0.25, 0.3) is 0 Å². The molecule has 0 saturated carbocycles. The number of rotatable bonds is 2. The normalized spacial score (nSPS) is 25.6. The summed E-state index contributed by atoms with van der Waals surface area (Å²) in [5.41, 5.74) is 1.66. The first kappa shape index (κ1) is 13.9. The van der Waals surface area contributed by atoms with Crippen molar-refractivity contribution in [3.63, 3.8) is 0 Å². The van der Waals surface area contributed by atoms with Crippen molar-refractivity contribution >= 4 is 22.3 Å². The average molecular weight is 317 g/mol. The van der Waals surface area contributed by atoms with Crippen LogP contribution >= 0.6 is 11.3 Å². The van der Waals surface area contributed by atoms with Crippen molar-refractivity contribution in [3.05, 3.63) is 29.9 Å². The zero-order chi connectivity index (χ0) is 14.8. The fraction of sp³-hybridized carbons (Fsp3) is 0.533. The molecule has 7 heteroatoms. The molecule has 2 aliphatic heterocycles. The van der Waals surface area contributed by atoms with Gasteiger partial charge >= 0.3 is 0 Å². The minimum absolute atomic E-state index is 0.125. The first-order chi connectivity index (χ1) is 10.8. The topological polar surface area (TPSA) is 54.4 Å². The van der Waals surface area contributed by atoms with Crippen LogP contribution in [0.2, 0.25) is 0 Å². The Bertz CT molecular complexity index is 604. The van der Waals surface area contributed by atoms with Crippen LogP contribution in [0, 0.1) is 0 Å². The third-order valence-electron chi connectivity index (χ3n) is 4.38. The van der Waals surface area contributed by atoms with Gasteiger partial charge in [-0.3, -0.25) is 0 Å². The Hall–Kier alpha value is -1.73. The minimum atomic E-state index is -0.125. The summed E-state index contributed by atoms with van der Waals surface area (Å²) in [6.07, 6.45) is 4.06. The molecule has 0 aliphatic carbocycles. The van der Waals surface area contributed by atoms with E-state index >= 15 is 0 Å². The van der Waals surface area contributed by atoms with Gasteiger partial charge in [-0.05, 0) is 25.0 Å². The molecule has 1 unspecified atom stereocenters. The summed E-state index contributed by atoms with van der Waals surface area (Å²) in [5, 5.41) is 9.16. The van der Waals surface area contributed by atoms with Crippen molar-refractivity contribution in [2.75, 3.05) is 42.6 Å². The van der Waals surface area contributed by atoms with Crippen LogP contribution in [0.25, 0.3) is 0 Å². The van der Waals surface area contributed by atoms with E-state index in [1.165, 1.54) is 0 Å². The Morgan fingerprint density at radius 1 is 1.18 bits per heavy atom. The molecule has 0 amide bonds. The average Bonchev–Trinajstić information content (AvgIpc) is 3.10. The van der Waals surface area contributed by atoms with E-state index in [1.54, 1.807) is 16.8 Å². The molecule has 0 aromatic carbocycles. The second kappa shape index (κ2) is 5.81. The number of anilines is 2. The molecule has 4 rings (SSSR count). The monoisotopic (exact) mass is 317 g/mol. The molecule has 1 atom stereocenters. The van der Waals surface area contributed by atoms with Gasteiger partial charge in [-0.25, -0.2) is 4.98 Å². The van der Waals surface area contributed by atoms with Crippen LogP contribution < -0.4 is 9.80 Å². The lowest BCUT2D eigenvalue weighted by atomic mass is 9.91. The molecule has 2 aromatic heterocycles. The van der Waals surface area contributed by atoms with Gasteiger partial charge in [-0.1, -0.05) is 17.4 Å². The highest BCUT2D eigenvalue weighted by molar-refractivity contribution is 7.13. The Balaban J connectivity index is 1.53. The highest BCUT2D eigenvalue weighted by atomic mass is 32.1. The summed E-state index contributed by atoms with van der Waals surface area (Å²) < 4.78 is 6.23. The first-order valence-corrected chi connectivity index (χ1v) is 8.54. The third-order valence-corrected chi connectivity index (χ3v) is 5.13. The van der Waals surface area contributed by atoms with E-state index in [0.29, 0.717) is 0 Å². The minimum Gasteiger partial charge on any atom is -0.369 e. The number of nitrogens with zero attached hydrogens (tertiary/aromatic N) is 5. The molecule has 2 aromatic rings. The molecule has 6 nitrogen and oxygen atoms in total.